The summed E-state index contributed by atoms with van der Waals surface area (Å²) < 4.78 is 5.96. The SMILES string of the molecule is CC1(C)CN(CC(=O)N2CCC(O)CC2)C(C(=O)Nc2cc(Cl)cc3c2[nH]c2cnccc23)CO1. The maximum atomic E-state index is 13.5. The topological polar surface area (TPSA) is 111 Å². The largest absolute Gasteiger partial charge is 0.393 e. The van der Waals surface area contributed by atoms with E-state index in [1.807, 2.05) is 30.9 Å². The molecule has 2 aromatic heterocycles. The van der Waals surface area contributed by atoms with Gasteiger partial charge < -0.3 is 25.0 Å². The first-order chi connectivity index (χ1) is 16.7. The summed E-state index contributed by atoms with van der Waals surface area (Å²) in [6, 6.07) is 4.84. The third-order valence-corrected chi connectivity index (χ3v) is 7.06. The molecule has 0 bridgehead atoms. The zero-order chi connectivity index (χ0) is 24.7. The van der Waals surface area contributed by atoms with Gasteiger partial charge in [-0.25, -0.2) is 0 Å². The molecule has 35 heavy (non-hydrogen) atoms. The number of anilines is 1. The molecular weight excluding hydrogens is 470 g/mol. The monoisotopic (exact) mass is 499 g/mol. The number of rotatable bonds is 4. The Hall–Kier alpha value is -2.72. The minimum Gasteiger partial charge on any atom is -0.393 e. The number of aliphatic hydroxyl groups excluding tert-OH is 1. The molecule has 4 heterocycles. The molecule has 2 aliphatic rings. The number of morpholine rings is 1. The van der Waals surface area contributed by atoms with E-state index >= 15 is 0 Å². The Morgan fingerprint density at radius 3 is 2.83 bits per heavy atom. The number of halogens is 1. The van der Waals surface area contributed by atoms with Crippen LogP contribution in [0.4, 0.5) is 5.69 Å². The van der Waals surface area contributed by atoms with Crippen LogP contribution in [0.5, 0.6) is 0 Å². The molecule has 0 radical (unpaired) electrons. The predicted octanol–water partition coefficient (Wildman–Crippen LogP) is 2.77. The van der Waals surface area contributed by atoms with Gasteiger partial charge in [-0.2, -0.15) is 0 Å². The molecular formula is C25H30ClN5O4. The molecule has 1 unspecified atom stereocenters. The van der Waals surface area contributed by atoms with E-state index < -0.39 is 11.6 Å². The third kappa shape index (κ3) is 4.99. The Labute approximate surface area is 208 Å². The number of nitrogens with zero attached hydrogens (tertiary/aromatic N) is 3. The molecule has 10 heteroatoms. The lowest BCUT2D eigenvalue weighted by molar-refractivity contribution is -0.151. The summed E-state index contributed by atoms with van der Waals surface area (Å²) in [6.45, 7) is 5.69. The highest BCUT2D eigenvalue weighted by Gasteiger charge is 2.39. The van der Waals surface area contributed by atoms with Crippen LogP contribution in [0.15, 0.2) is 30.6 Å². The van der Waals surface area contributed by atoms with Crippen LogP contribution in [0.3, 0.4) is 0 Å². The maximum Gasteiger partial charge on any atom is 0.244 e. The van der Waals surface area contributed by atoms with Gasteiger partial charge in [0.1, 0.15) is 6.04 Å². The first-order valence-corrected chi connectivity index (χ1v) is 12.3. The summed E-state index contributed by atoms with van der Waals surface area (Å²) >= 11 is 6.40. The lowest BCUT2D eigenvalue weighted by Crippen LogP contribution is -2.60. The average Bonchev–Trinajstić information content (AvgIpc) is 3.18. The van der Waals surface area contributed by atoms with Gasteiger partial charge in [-0.1, -0.05) is 11.6 Å². The number of amides is 2. The van der Waals surface area contributed by atoms with E-state index in [2.05, 4.69) is 15.3 Å². The molecule has 2 amide bonds. The van der Waals surface area contributed by atoms with Crippen LogP contribution >= 0.6 is 11.6 Å². The zero-order valence-electron chi connectivity index (χ0n) is 19.9. The Bertz CT molecular complexity index is 1270. The van der Waals surface area contributed by atoms with Crippen molar-refractivity contribution in [1.29, 1.82) is 0 Å². The number of carbonyl (C=O) groups is 2. The second kappa shape index (κ2) is 9.39. The molecule has 5 rings (SSSR count). The molecule has 2 fully saturated rings. The van der Waals surface area contributed by atoms with Crippen molar-refractivity contribution in [3.63, 3.8) is 0 Å². The van der Waals surface area contributed by atoms with E-state index in [1.54, 1.807) is 23.4 Å². The van der Waals surface area contributed by atoms with E-state index in [4.69, 9.17) is 16.3 Å². The fourth-order valence-corrected chi connectivity index (χ4v) is 5.20. The highest BCUT2D eigenvalue weighted by Crippen LogP contribution is 2.33. The van der Waals surface area contributed by atoms with Gasteiger partial charge in [0.25, 0.3) is 0 Å². The molecule has 1 atom stereocenters. The number of ether oxygens (including phenoxy) is 1. The second-order valence-electron chi connectivity index (χ2n) is 10.0. The number of nitrogens with one attached hydrogen (secondary N) is 2. The molecule has 0 saturated carbocycles. The van der Waals surface area contributed by atoms with Gasteiger partial charge in [0, 0.05) is 41.6 Å². The van der Waals surface area contributed by atoms with Crippen molar-refractivity contribution in [2.75, 3.05) is 38.1 Å². The van der Waals surface area contributed by atoms with Gasteiger partial charge in [-0.05, 0) is 44.9 Å². The molecule has 1 aromatic carbocycles. The number of carbonyl (C=O) groups excluding carboxylic acids is 2. The number of hydrogen-bond donors (Lipinski definition) is 3. The molecule has 3 aromatic rings. The van der Waals surface area contributed by atoms with Gasteiger partial charge >= 0.3 is 0 Å². The van der Waals surface area contributed by atoms with E-state index in [1.165, 1.54) is 0 Å². The summed E-state index contributed by atoms with van der Waals surface area (Å²) in [5, 5.41) is 15.1. The predicted molar refractivity (Wildman–Crippen MR) is 134 cm³/mol. The Morgan fingerprint density at radius 1 is 1.29 bits per heavy atom. The number of aliphatic hydroxyl groups is 1. The third-order valence-electron chi connectivity index (χ3n) is 6.85. The number of fused-ring (bicyclic) bond motifs is 3. The summed E-state index contributed by atoms with van der Waals surface area (Å²) in [5.41, 5.74) is 1.69. The van der Waals surface area contributed by atoms with E-state index in [-0.39, 0.29) is 31.1 Å². The first-order valence-electron chi connectivity index (χ1n) is 11.9. The van der Waals surface area contributed by atoms with Crippen LogP contribution in [-0.4, -0.2) is 87.2 Å². The van der Waals surface area contributed by atoms with Crippen molar-refractivity contribution in [3.8, 4) is 0 Å². The minimum atomic E-state index is -0.637. The Morgan fingerprint density at radius 2 is 2.06 bits per heavy atom. The molecule has 2 aliphatic heterocycles. The fourth-order valence-electron chi connectivity index (χ4n) is 4.98. The number of pyridine rings is 1. The van der Waals surface area contributed by atoms with Crippen LogP contribution in [0.2, 0.25) is 5.02 Å². The standard InChI is InChI=1S/C25H30ClN5O4/c1-25(2)14-31(12-22(33)30-7-4-16(32)5-8-30)21(13-35-25)24(34)29-19-10-15(26)9-18-17-3-6-27-11-20(17)28-23(18)19/h3,6,9-11,16,21,28,32H,4-5,7-8,12-14H2,1-2H3,(H,29,34). The van der Waals surface area contributed by atoms with Crippen molar-refractivity contribution in [1.82, 2.24) is 19.8 Å². The highest BCUT2D eigenvalue weighted by molar-refractivity contribution is 6.33. The number of aromatic amines is 1. The Kier molecular flexibility index (Phi) is 6.43. The summed E-state index contributed by atoms with van der Waals surface area (Å²) in [6.07, 6.45) is 4.26. The van der Waals surface area contributed by atoms with Gasteiger partial charge in [-0.15, -0.1) is 0 Å². The number of piperidine rings is 1. The van der Waals surface area contributed by atoms with Crippen LogP contribution in [0.25, 0.3) is 21.8 Å². The molecule has 2 saturated heterocycles. The lowest BCUT2D eigenvalue weighted by Gasteiger charge is -2.43. The van der Waals surface area contributed by atoms with Gasteiger partial charge in [0.05, 0.1) is 47.8 Å². The zero-order valence-corrected chi connectivity index (χ0v) is 20.6. The fraction of sp³-hybridized carbons (Fsp3) is 0.480. The summed E-state index contributed by atoms with van der Waals surface area (Å²) in [7, 11) is 0. The second-order valence-corrected chi connectivity index (χ2v) is 10.5. The van der Waals surface area contributed by atoms with Gasteiger partial charge in [-0.3, -0.25) is 19.5 Å². The van der Waals surface area contributed by atoms with E-state index in [0.29, 0.717) is 43.2 Å². The lowest BCUT2D eigenvalue weighted by atomic mass is 10.0. The number of aromatic nitrogens is 2. The van der Waals surface area contributed by atoms with Crippen LogP contribution in [-0.2, 0) is 14.3 Å². The first kappa shape index (κ1) is 24.0. The van der Waals surface area contributed by atoms with E-state index in [0.717, 1.165) is 21.8 Å². The molecule has 9 nitrogen and oxygen atoms in total. The molecule has 186 valence electrons. The van der Waals surface area contributed by atoms with Crippen molar-refractivity contribution < 1.29 is 19.4 Å². The van der Waals surface area contributed by atoms with Crippen molar-refractivity contribution in [2.45, 2.75) is 44.4 Å². The minimum absolute atomic E-state index is 0.0411. The number of benzene rings is 1. The Balaban J connectivity index is 1.38. The van der Waals surface area contributed by atoms with Crippen molar-refractivity contribution in [2.24, 2.45) is 0 Å². The number of hydrogen-bond acceptors (Lipinski definition) is 6. The van der Waals surface area contributed by atoms with Gasteiger partial charge in [0.15, 0.2) is 0 Å². The molecule has 0 aliphatic carbocycles. The normalized spacial score (nSPS) is 21.5. The summed E-state index contributed by atoms with van der Waals surface area (Å²) in [5.74, 6) is -0.302. The van der Waals surface area contributed by atoms with Crippen molar-refractivity contribution >= 4 is 50.9 Å². The number of likely N-dealkylation sites (tertiary alicyclic amines) is 1. The van der Waals surface area contributed by atoms with Gasteiger partial charge in [0.2, 0.25) is 11.8 Å². The van der Waals surface area contributed by atoms with Crippen LogP contribution in [0, 0.1) is 0 Å². The smallest absolute Gasteiger partial charge is 0.244 e. The summed E-state index contributed by atoms with van der Waals surface area (Å²) in [4.78, 5) is 37.7. The average molecular weight is 500 g/mol. The van der Waals surface area contributed by atoms with Crippen LogP contribution in [0.1, 0.15) is 26.7 Å². The molecule has 0 spiro atoms. The van der Waals surface area contributed by atoms with Crippen LogP contribution < -0.4 is 5.32 Å². The highest BCUT2D eigenvalue weighted by atomic mass is 35.5. The van der Waals surface area contributed by atoms with E-state index in [9.17, 15) is 14.7 Å². The van der Waals surface area contributed by atoms with Crippen molar-refractivity contribution in [3.05, 3.63) is 35.6 Å². The number of H-pyrrole nitrogens is 1. The maximum absolute atomic E-state index is 13.5. The molecule has 3 N–H and O–H groups in total. The quantitative estimate of drug-likeness (QED) is 0.509.